The van der Waals surface area contributed by atoms with Crippen molar-refractivity contribution in [3.05, 3.63) is 5.76 Å². The molecule has 0 unspecified atom stereocenters. The fourth-order valence-corrected chi connectivity index (χ4v) is 6.44. The number of nitrogens with one attached hydrogen (secondary N) is 1. The normalized spacial score (nSPS) is 30.0. The van der Waals surface area contributed by atoms with Gasteiger partial charge in [-0.2, -0.15) is 0 Å². The number of carboxylic acid groups (broad SMARTS) is 1. The van der Waals surface area contributed by atoms with Crippen LogP contribution in [-0.4, -0.2) is 40.0 Å². The highest BCUT2D eigenvalue weighted by Gasteiger charge is 2.49. The summed E-state index contributed by atoms with van der Waals surface area (Å²) in [5, 5.41) is 16.7. The third-order valence-electron chi connectivity index (χ3n) is 6.85. The Morgan fingerprint density at radius 1 is 1.20 bits per heavy atom. The summed E-state index contributed by atoms with van der Waals surface area (Å²) in [6.07, 6.45) is 6.26. The summed E-state index contributed by atoms with van der Waals surface area (Å²) < 4.78 is 11.1. The Morgan fingerprint density at radius 3 is 2.33 bits per heavy atom. The maximum Gasteiger partial charge on any atom is 0.312 e. The number of aromatic nitrogens is 1. The van der Waals surface area contributed by atoms with Crippen molar-refractivity contribution in [2.24, 2.45) is 29.1 Å². The number of hydrogen-bond acceptors (Lipinski definition) is 6. The van der Waals surface area contributed by atoms with Crippen LogP contribution in [0.5, 0.6) is 5.88 Å². The Morgan fingerprint density at radius 2 is 1.80 bits per heavy atom. The summed E-state index contributed by atoms with van der Waals surface area (Å²) in [6, 6.07) is 0.211. The maximum atomic E-state index is 13.2. The van der Waals surface area contributed by atoms with Gasteiger partial charge in [0.1, 0.15) is 11.5 Å². The van der Waals surface area contributed by atoms with Crippen molar-refractivity contribution < 1.29 is 24.0 Å². The molecule has 5 rings (SSSR count). The lowest BCUT2D eigenvalue weighted by Gasteiger charge is -2.54. The first-order valence-electron chi connectivity index (χ1n) is 11.0. The van der Waals surface area contributed by atoms with Gasteiger partial charge in [0.05, 0.1) is 5.41 Å². The molecule has 0 aromatic carbocycles. The number of amides is 1. The molecule has 1 aromatic rings. The van der Waals surface area contributed by atoms with Crippen LogP contribution in [0.2, 0.25) is 0 Å². The molecule has 0 spiro atoms. The van der Waals surface area contributed by atoms with Gasteiger partial charge in [-0.1, -0.05) is 13.8 Å². The number of hydrogen-bond donors (Lipinski definition) is 2. The van der Waals surface area contributed by atoms with Crippen LogP contribution in [0.3, 0.4) is 0 Å². The van der Waals surface area contributed by atoms with Gasteiger partial charge >= 0.3 is 5.97 Å². The van der Waals surface area contributed by atoms with Crippen molar-refractivity contribution in [3.63, 3.8) is 0 Å². The van der Waals surface area contributed by atoms with E-state index in [9.17, 15) is 14.7 Å². The molecule has 30 heavy (non-hydrogen) atoms. The molecule has 0 radical (unpaired) electrons. The first-order chi connectivity index (χ1) is 14.1. The zero-order chi connectivity index (χ0) is 21.6. The molecule has 4 aliphatic carbocycles. The molecular weight excluding hydrogens is 404 g/mol. The van der Waals surface area contributed by atoms with Gasteiger partial charge in [-0.05, 0) is 74.8 Å². The van der Waals surface area contributed by atoms with E-state index in [1.165, 1.54) is 43.9 Å². The third kappa shape index (κ3) is 4.20. The number of nitrogens with zero attached hydrogens (tertiary/aromatic N) is 1. The second-order valence-corrected chi connectivity index (χ2v) is 11.8. The van der Waals surface area contributed by atoms with Gasteiger partial charge < -0.3 is 19.7 Å². The van der Waals surface area contributed by atoms with E-state index >= 15 is 0 Å². The Balaban J connectivity index is 1.49. The van der Waals surface area contributed by atoms with E-state index in [-0.39, 0.29) is 35.4 Å². The van der Waals surface area contributed by atoms with Crippen LogP contribution >= 0.6 is 11.8 Å². The quantitative estimate of drug-likeness (QED) is 0.588. The minimum Gasteiger partial charge on any atom is -0.481 e. The summed E-state index contributed by atoms with van der Waals surface area (Å²) in [6.45, 7) is 7.15. The minimum atomic E-state index is -1.07. The fourth-order valence-electron chi connectivity index (χ4n) is 5.53. The molecule has 4 bridgehead atoms. The van der Waals surface area contributed by atoms with Crippen LogP contribution in [0, 0.1) is 29.1 Å². The maximum absolute atomic E-state index is 13.2. The van der Waals surface area contributed by atoms with E-state index in [1.54, 1.807) is 13.8 Å². The smallest absolute Gasteiger partial charge is 0.312 e. The number of carbonyl (C=O) groups is 2. The van der Waals surface area contributed by atoms with Gasteiger partial charge in [0, 0.05) is 11.3 Å². The van der Waals surface area contributed by atoms with E-state index in [2.05, 4.69) is 10.5 Å². The van der Waals surface area contributed by atoms with Gasteiger partial charge in [-0.15, -0.1) is 11.8 Å². The SMILES string of the molecule is CC(C)Sc1c(OCC(C)(C)C(=O)O)noc1C(=O)NC1C2CC3CC(C2)CC1C3. The number of aliphatic carboxylic acids is 1. The second-order valence-electron chi connectivity index (χ2n) is 10.2. The monoisotopic (exact) mass is 436 g/mol. The molecule has 0 aliphatic heterocycles. The predicted octanol–water partition coefficient (Wildman–Crippen LogP) is 4.22. The summed E-state index contributed by atoms with van der Waals surface area (Å²) in [4.78, 5) is 25.1. The van der Waals surface area contributed by atoms with E-state index in [0.717, 1.165) is 11.8 Å². The number of carbonyl (C=O) groups excluding carboxylic acids is 1. The number of thioether (sulfide) groups is 1. The molecule has 0 saturated heterocycles. The minimum absolute atomic E-state index is 0.0584. The predicted molar refractivity (Wildman–Crippen MR) is 113 cm³/mol. The third-order valence-corrected chi connectivity index (χ3v) is 7.92. The molecule has 166 valence electrons. The van der Waals surface area contributed by atoms with Crippen molar-refractivity contribution in [1.82, 2.24) is 10.5 Å². The van der Waals surface area contributed by atoms with Gasteiger partial charge in [-0.25, -0.2) is 0 Å². The van der Waals surface area contributed by atoms with Crippen LogP contribution in [0.1, 0.15) is 70.4 Å². The molecule has 0 atom stereocenters. The highest BCUT2D eigenvalue weighted by Crippen LogP contribution is 2.53. The van der Waals surface area contributed by atoms with Crippen LogP contribution in [0.25, 0.3) is 0 Å². The average molecular weight is 437 g/mol. The summed E-state index contributed by atoms with van der Waals surface area (Å²) >= 11 is 1.45. The molecule has 8 heteroatoms. The Labute approximate surface area is 181 Å². The van der Waals surface area contributed by atoms with Crippen LogP contribution in [0.4, 0.5) is 0 Å². The second kappa shape index (κ2) is 8.09. The van der Waals surface area contributed by atoms with Crippen molar-refractivity contribution >= 4 is 23.6 Å². The van der Waals surface area contributed by atoms with Crippen molar-refractivity contribution in [3.8, 4) is 5.88 Å². The van der Waals surface area contributed by atoms with Crippen LogP contribution in [0.15, 0.2) is 9.42 Å². The largest absolute Gasteiger partial charge is 0.481 e. The Hall–Kier alpha value is -1.70. The lowest BCUT2D eigenvalue weighted by atomic mass is 9.54. The first kappa shape index (κ1) is 21.5. The molecule has 7 nitrogen and oxygen atoms in total. The number of carboxylic acids is 1. The number of ether oxygens (including phenoxy) is 1. The molecular formula is C22H32N2O5S. The van der Waals surface area contributed by atoms with Gasteiger partial charge in [0.15, 0.2) is 0 Å². The van der Waals surface area contributed by atoms with E-state index in [1.807, 2.05) is 13.8 Å². The molecule has 1 heterocycles. The van der Waals surface area contributed by atoms with Crippen LogP contribution in [-0.2, 0) is 4.79 Å². The van der Waals surface area contributed by atoms with E-state index in [0.29, 0.717) is 16.7 Å². The molecule has 4 aliphatic rings. The topological polar surface area (TPSA) is 102 Å². The lowest BCUT2D eigenvalue weighted by molar-refractivity contribution is -0.148. The lowest BCUT2D eigenvalue weighted by Crippen LogP contribution is -2.55. The highest BCUT2D eigenvalue weighted by molar-refractivity contribution is 8.00. The van der Waals surface area contributed by atoms with Gasteiger partial charge in [-0.3, -0.25) is 9.59 Å². The van der Waals surface area contributed by atoms with E-state index in [4.69, 9.17) is 9.26 Å². The average Bonchev–Trinajstić information content (AvgIpc) is 3.04. The standard InChI is InChI=1S/C22H32N2O5S/c1-11(2)30-18-17(29-24-20(18)28-10-22(3,4)21(26)27)19(25)23-16-14-6-12-5-13(8-14)9-15(16)7-12/h11-16H,5-10H2,1-4H3,(H,23,25)(H,26,27). The van der Waals surface area contributed by atoms with E-state index < -0.39 is 11.4 Å². The molecule has 1 amide bonds. The molecule has 1 aromatic heterocycles. The van der Waals surface area contributed by atoms with Crippen molar-refractivity contribution in [2.45, 2.75) is 76.0 Å². The Kier molecular flexibility index (Phi) is 5.81. The zero-order valence-corrected chi connectivity index (χ0v) is 19.0. The summed E-state index contributed by atoms with van der Waals surface area (Å²) in [5.41, 5.74) is -1.07. The highest BCUT2D eigenvalue weighted by atomic mass is 32.2. The molecule has 4 fully saturated rings. The molecule has 2 N–H and O–H groups in total. The van der Waals surface area contributed by atoms with Crippen molar-refractivity contribution in [2.75, 3.05) is 6.61 Å². The number of rotatable bonds is 8. The summed E-state index contributed by atoms with van der Waals surface area (Å²) in [5.74, 6) is 2.00. The first-order valence-corrected chi connectivity index (χ1v) is 11.9. The van der Waals surface area contributed by atoms with Crippen LogP contribution < -0.4 is 10.1 Å². The summed E-state index contributed by atoms with van der Waals surface area (Å²) in [7, 11) is 0. The Bertz CT molecular complexity index is 790. The fraction of sp³-hybridized carbons (Fsp3) is 0.773. The molecule has 4 saturated carbocycles. The van der Waals surface area contributed by atoms with Crippen molar-refractivity contribution in [1.29, 1.82) is 0 Å². The zero-order valence-electron chi connectivity index (χ0n) is 18.1. The van der Waals surface area contributed by atoms with Gasteiger partial charge in [0.25, 0.3) is 11.8 Å². The van der Waals surface area contributed by atoms with Gasteiger partial charge in [0.2, 0.25) is 5.76 Å².